The average molecular weight is 370 g/mol. The Morgan fingerprint density at radius 2 is 2.00 bits per heavy atom. The molecule has 0 unspecified atom stereocenters. The Morgan fingerprint density at radius 1 is 1.23 bits per heavy atom. The van der Waals surface area contributed by atoms with Crippen molar-refractivity contribution in [2.75, 3.05) is 32.0 Å². The van der Waals surface area contributed by atoms with Crippen LogP contribution in [0.25, 0.3) is 0 Å². The van der Waals surface area contributed by atoms with E-state index < -0.39 is 23.6 Å². The van der Waals surface area contributed by atoms with E-state index in [4.69, 9.17) is 4.42 Å². The maximum atomic E-state index is 12.8. The average Bonchev–Trinajstić information content (AvgIpc) is 3.12. The molecule has 0 aliphatic carbocycles. The zero-order chi connectivity index (χ0) is 19.2. The third kappa shape index (κ3) is 5.23. The molecule has 0 saturated carbocycles. The number of rotatable bonds is 7. The lowest BCUT2D eigenvalue weighted by Gasteiger charge is -2.16. The summed E-state index contributed by atoms with van der Waals surface area (Å²) in [6.45, 7) is -0.103. The fourth-order valence-corrected chi connectivity index (χ4v) is 2.09. The highest BCUT2D eigenvalue weighted by atomic mass is 19.4. The second-order valence-electron chi connectivity index (χ2n) is 5.31. The number of hydrogen-bond donors (Lipinski definition) is 2. The van der Waals surface area contributed by atoms with E-state index in [2.05, 4.69) is 15.6 Å². The van der Waals surface area contributed by atoms with Crippen molar-refractivity contribution in [1.29, 1.82) is 0 Å². The summed E-state index contributed by atoms with van der Waals surface area (Å²) in [6.07, 6.45) is -1.93. The van der Waals surface area contributed by atoms with Crippen molar-refractivity contribution in [1.82, 2.24) is 15.2 Å². The Labute approximate surface area is 147 Å². The number of furan rings is 1. The highest BCUT2D eigenvalue weighted by molar-refractivity contribution is 5.94. The van der Waals surface area contributed by atoms with Gasteiger partial charge in [0.2, 0.25) is 5.91 Å². The van der Waals surface area contributed by atoms with Crippen molar-refractivity contribution < 1.29 is 27.2 Å². The van der Waals surface area contributed by atoms with Gasteiger partial charge in [-0.3, -0.25) is 9.59 Å². The van der Waals surface area contributed by atoms with Crippen LogP contribution in [-0.4, -0.2) is 48.4 Å². The summed E-state index contributed by atoms with van der Waals surface area (Å²) in [5.41, 5.74) is -0.880. The third-order valence-electron chi connectivity index (χ3n) is 3.31. The highest BCUT2D eigenvalue weighted by Gasteiger charge is 2.33. The minimum Gasteiger partial charge on any atom is -0.459 e. The van der Waals surface area contributed by atoms with Gasteiger partial charge in [0.25, 0.3) is 5.91 Å². The van der Waals surface area contributed by atoms with Gasteiger partial charge >= 0.3 is 6.18 Å². The van der Waals surface area contributed by atoms with Gasteiger partial charge in [0.1, 0.15) is 5.82 Å². The van der Waals surface area contributed by atoms with Crippen LogP contribution in [0.3, 0.4) is 0 Å². The van der Waals surface area contributed by atoms with Gasteiger partial charge in [-0.25, -0.2) is 4.98 Å². The summed E-state index contributed by atoms with van der Waals surface area (Å²) in [5, 5.41) is 5.04. The maximum Gasteiger partial charge on any atom is 0.419 e. The van der Waals surface area contributed by atoms with Crippen molar-refractivity contribution in [3.8, 4) is 0 Å². The fraction of sp³-hybridized carbons (Fsp3) is 0.312. The number of likely N-dealkylation sites (N-methyl/N-ethyl adjacent to an activating group) is 1. The summed E-state index contributed by atoms with van der Waals surface area (Å²) >= 11 is 0. The normalized spacial score (nSPS) is 11.1. The van der Waals surface area contributed by atoms with Gasteiger partial charge in [-0.15, -0.1) is 0 Å². The lowest BCUT2D eigenvalue weighted by molar-refractivity contribution is -0.137. The van der Waals surface area contributed by atoms with Gasteiger partial charge < -0.3 is 20.0 Å². The van der Waals surface area contributed by atoms with Crippen molar-refractivity contribution in [2.45, 2.75) is 6.18 Å². The first-order valence-corrected chi connectivity index (χ1v) is 7.61. The van der Waals surface area contributed by atoms with Crippen LogP contribution in [-0.2, 0) is 11.0 Å². The Morgan fingerprint density at radius 3 is 2.65 bits per heavy atom. The molecule has 0 fully saturated rings. The smallest absolute Gasteiger partial charge is 0.419 e. The van der Waals surface area contributed by atoms with Gasteiger partial charge in [0.15, 0.2) is 5.76 Å². The van der Waals surface area contributed by atoms with Crippen molar-refractivity contribution in [2.24, 2.45) is 0 Å². The first kappa shape index (κ1) is 19.3. The molecule has 0 bridgehead atoms. The van der Waals surface area contributed by atoms with Crippen LogP contribution < -0.4 is 10.6 Å². The van der Waals surface area contributed by atoms with E-state index >= 15 is 0 Å². The van der Waals surface area contributed by atoms with E-state index in [1.165, 1.54) is 36.5 Å². The predicted molar refractivity (Wildman–Crippen MR) is 86.4 cm³/mol. The monoisotopic (exact) mass is 370 g/mol. The molecular weight excluding hydrogens is 353 g/mol. The Kier molecular flexibility index (Phi) is 6.21. The number of carbonyl (C=O) groups is 2. The second-order valence-corrected chi connectivity index (χ2v) is 5.31. The first-order valence-electron chi connectivity index (χ1n) is 7.61. The molecule has 2 rings (SSSR count). The molecule has 2 amide bonds. The first-order chi connectivity index (χ1) is 12.3. The van der Waals surface area contributed by atoms with E-state index in [0.29, 0.717) is 0 Å². The molecule has 140 valence electrons. The van der Waals surface area contributed by atoms with Gasteiger partial charge in [0, 0.05) is 26.3 Å². The number of nitrogens with one attached hydrogen (secondary N) is 2. The molecule has 2 aromatic heterocycles. The van der Waals surface area contributed by atoms with Gasteiger partial charge in [-0.05, 0) is 24.3 Å². The molecule has 0 aromatic carbocycles. The Hall–Kier alpha value is -3.04. The molecule has 7 nitrogen and oxygen atoms in total. The number of aromatic nitrogens is 1. The van der Waals surface area contributed by atoms with E-state index in [9.17, 15) is 22.8 Å². The number of alkyl halides is 3. The minimum absolute atomic E-state index is 0.0433. The van der Waals surface area contributed by atoms with Crippen LogP contribution in [0, 0.1) is 0 Å². The molecule has 26 heavy (non-hydrogen) atoms. The molecule has 0 spiro atoms. The fourth-order valence-electron chi connectivity index (χ4n) is 2.09. The van der Waals surface area contributed by atoms with E-state index in [-0.39, 0.29) is 31.2 Å². The van der Waals surface area contributed by atoms with Crippen LogP contribution >= 0.6 is 0 Å². The summed E-state index contributed by atoms with van der Waals surface area (Å²) in [4.78, 5) is 28.5. The molecular formula is C16H17F3N4O3. The van der Waals surface area contributed by atoms with Gasteiger partial charge in [-0.2, -0.15) is 13.2 Å². The maximum absolute atomic E-state index is 12.8. The van der Waals surface area contributed by atoms with E-state index in [1.807, 2.05) is 0 Å². The zero-order valence-corrected chi connectivity index (χ0v) is 13.8. The number of amides is 2. The van der Waals surface area contributed by atoms with E-state index in [1.54, 1.807) is 6.07 Å². The number of nitrogens with zero attached hydrogens (tertiary/aromatic N) is 2. The van der Waals surface area contributed by atoms with Gasteiger partial charge in [0.05, 0.1) is 18.4 Å². The minimum atomic E-state index is -4.52. The van der Waals surface area contributed by atoms with Crippen LogP contribution in [0.5, 0.6) is 0 Å². The third-order valence-corrected chi connectivity index (χ3v) is 3.31. The molecule has 0 radical (unpaired) electrons. The summed E-state index contributed by atoms with van der Waals surface area (Å²) in [7, 11) is 1.44. The Bertz CT molecular complexity index is 747. The van der Waals surface area contributed by atoms with Crippen molar-refractivity contribution in [3.63, 3.8) is 0 Å². The lowest BCUT2D eigenvalue weighted by atomic mass is 10.2. The Balaban J connectivity index is 1.76. The second kappa shape index (κ2) is 8.37. The van der Waals surface area contributed by atoms with Crippen LogP contribution in [0.15, 0.2) is 41.1 Å². The number of anilines is 1. The topological polar surface area (TPSA) is 87.5 Å². The summed E-state index contributed by atoms with van der Waals surface area (Å²) in [6, 6.07) is 5.15. The molecule has 0 aliphatic rings. The van der Waals surface area contributed by atoms with Crippen molar-refractivity contribution in [3.05, 3.63) is 48.0 Å². The summed E-state index contributed by atoms with van der Waals surface area (Å²) < 4.78 is 43.4. The molecule has 2 N–H and O–H groups in total. The number of hydrogen-bond acceptors (Lipinski definition) is 5. The standard InChI is InChI=1S/C16H17F3N4O3/c1-23(15(25)12-5-3-9-26-12)10-13(24)20-7-8-22-14-11(16(17,18)19)4-2-6-21-14/h2-6,9H,7-8,10H2,1H3,(H,20,24)(H,21,22). The molecule has 0 saturated heterocycles. The van der Waals surface area contributed by atoms with Crippen molar-refractivity contribution >= 4 is 17.6 Å². The number of pyridine rings is 1. The number of carbonyl (C=O) groups excluding carboxylic acids is 2. The van der Waals surface area contributed by atoms with Crippen LogP contribution in [0.1, 0.15) is 16.1 Å². The lowest BCUT2D eigenvalue weighted by Crippen LogP contribution is -2.39. The molecule has 10 heteroatoms. The summed E-state index contributed by atoms with van der Waals surface area (Å²) in [5.74, 6) is -1.10. The van der Waals surface area contributed by atoms with Gasteiger partial charge in [-0.1, -0.05) is 0 Å². The number of halogens is 3. The molecule has 0 atom stereocenters. The quantitative estimate of drug-likeness (QED) is 0.728. The highest BCUT2D eigenvalue weighted by Crippen LogP contribution is 2.33. The molecule has 2 heterocycles. The molecule has 2 aromatic rings. The SMILES string of the molecule is CN(CC(=O)NCCNc1ncccc1C(F)(F)F)C(=O)c1ccco1. The van der Waals surface area contributed by atoms with E-state index in [0.717, 1.165) is 6.07 Å². The zero-order valence-electron chi connectivity index (χ0n) is 13.8. The van der Waals surface area contributed by atoms with Crippen LogP contribution in [0.4, 0.5) is 19.0 Å². The van der Waals surface area contributed by atoms with Crippen LogP contribution in [0.2, 0.25) is 0 Å². The molecule has 0 aliphatic heterocycles. The predicted octanol–water partition coefficient (Wildman–Crippen LogP) is 1.99. The largest absolute Gasteiger partial charge is 0.459 e.